The van der Waals surface area contributed by atoms with Gasteiger partial charge in [-0.25, -0.2) is 4.67 Å². The second-order valence-corrected chi connectivity index (χ2v) is 9.81. The summed E-state index contributed by atoms with van der Waals surface area (Å²) in [5.74, 6) is 0. The Kier molecular flexibility index (Phi) is 9.09. The van der Waals surface area contributed by atoms with Crippen LogP contribution < -0.4 is 0 Å². The van der Waals surface area contributed by atoms with Gasteiger partial charge in [0.25, 0.3) is 7.52 Å². The van der Waals surface area contributed by atoms with Crippen LogP contribution in [0, 0.1) is 5.41 Å². The topological polar surface area (TPSA) is 29.5 Å². The molecule has 0 saturated heterocycles. The van der Waals surface area contributed by atoms with E-state index in [1.54, 1.807) is 4.67 Å². The van der Waals surface area contributed by atoms with Crippen molar-refractivity contribution < 1.29 is 9.09 Å². The van der Waals surface area contributed by atoms with E-state index in [-0.39, 0.29) is 25.4 Å². The van der Waals surface area contributed by atoms with Crippen molar-refractivity contribution in [2.75, 3.05) is 20.7 Å². The van der Waals surface area contributed by atoms with Gasteiger partial charge in [0.15, 0.2) is 0 Å². The Morgan fingerprint density at radius 3 is 1.53 bits per heavy atom. The third-order valence-electron chi connectivity index (χ3n) is 2.05. The highest BCUT2D eigenvalue weighted by molar-refractivity contribution is 7.58. The van der Waals surface area contributed by atoms with E-state index in [1.165, 1.54) is 0 Å². The van der Waals surface area contributed by atoms with Crippen LogP contribution in [0.2, 0.25) is 0 Å². The van der Waals surface area contributed by atoms with Crippen LogP contribution in [-0.4, -0.2) is 30.5 Å². The van der Waals surface area contributed by atoms with Crippen molar-refractivity contribution in [2.45, 2.75) is 61.6 Å². The number of hydrogen-bond acceptors (Lipinski definition) is 2. The number of hydrogen-bond donors (Lipinski definition) is 0. The summed E-state index contributed by atoms with van der Waals surface area (Å²) in [6, 6.07) is 0. The number of rotatable bonds is 3. The van der Waals surface area contributed by atoms with Gasteiger partial charge < -0.3 is 4.52 Å². The third-order valence-corrected chi connectivity index (χ3v) is 5.27. The molecule has 0 heterocycles. The molecule has 17 heavy (non-hydrogen) atoms. The molecule has 0 radical (unpaired) electrons. The molecular formula is C13H34NO2P. The zero-order valence-electron chi connectivity index (χ0n) is 11.4. The minimum Gasteiger partial charge on any atom is -0.317 e. The van der Waals surface area contributed by atoms with Crippen LogP contribution in [0.5, 0.6) is 0 Å². The molecule has 1 unspecified atom stereocenters. The van der Waals surface area contributed by atoms with Gasteiger partial charge >= 0.3 is 0 Å². The van der Waals surface area contributed by atoms with E-state index in [0.29, 0.717) is 6.61 Å². The molecule has 3 nitrogen and oxygen atoms in total. The van der Waals surface area contributed by atoms with Gasteiger partial charge in [-0.3, -0.25) is 4.57 Å². The summed E-state index contributed by atoms with van der Waals surface area (Å²) in [4.78, 5) is 0. The van der Waals surface area contributed by atoms with Crippen molar-refractivity contribution in [3.63, 3.8) is 0 Å². The molecule has 0 N–H and O–H groups in total. The monoisotopic (exact) mass is 267 g/mol. The molecule has 0 aromatic carbocycles. The molecule has 0 aromatic rings. The molecule has 0 amide bonds. The standard InChI is InChI=1S/C11H26NO2P.2CH4/c1-10(2,3)9-14-15(13,12(7)8)11(4,5)6;;/h9H2,1-8H3;2*1H4. The van der Waals surface area contributed by atoms with Crippen molar-refractivity contribution in [1.29, 1.82) is 0 Å². The fourth-order valence-electron chi connectivity index (χ4n) is 1.19. The van der Waals surface area contributed by atoms with Crippen molar-refractivity contribution >= 4 is 7.52 Å². The molecule has 0 aliphatic carbocycles. The number of nitrogens with zero attached hydrogens (tertiary/aromatic N) is 1. The zero-order valence-corrected chi connectivity index (χ0v) is 12.3. The third kappa shape index (κ3) is 6.59. The maximum Gasteiger partial charge on any atom is 0.277 e. The van der Waals surface area contributed by atoms with Crippen LogP contribution in [0.25, 0.3) is 0 Å². The van der Waals surface area contributed by atoms with E-state index in [2.05, 4.69) is 20.8 Å². The Morgan fingerprint density at radius 2 is 1.35 bits per heavy atom. The maximum atomic E-state index is 12.7. The van der Waals surface area contributed by atoms with Crippen molar-refractivity contribution in [1.82, 2.24) is 4.67 Å². The molecule has 0 aliphatic rings. The average Bonchev–Trinajstić information content (AvgIpc) is 1.95. The first-order valence-corrected chi connectivity index (χ1v) is 6.90. The second kappa shape index (κ2) is 6.92. The zero-order chi connectivity index (χ0) is 12.5. The molecule has 0 rings (SSSR count). The summed E-state index contributed by atoms with van der Waals surface area (Å²) < 4.78 is 20.1. The van der Waals surface area contributed by atoms with Gasteiger partial charge in [0, 0.05) is 0 Å². The molecule has 4 heteroatoms. The lowest BCUT2D eigenvalue weighted by atomic mass is 9.99. The first-order valence-electron chi connectivity index (χ1n) is 5.33. The smallest absolute Gasteiger partial charge is 0.277 e. The van der Waals surface area contributed by atoms with E-state index in [0.717, 1.165) is 0 Å². The molecule has 0 bridgehead atoms. The molecule has 0 aliphatic heterocycles. The van der Waals surface area contributed by atoms with E-state index in [4.69, 9.17) is 4.52 Å². The predicted octanol–water partition coefficient (Wildman–Crippen LogP) is 4.87. The van der Waals surface area contributed by atoms with Gasteiger partial charge in [-0.2, -0.15) is 0 Å². The summed E-state index contributed by atoms with van der Waals surface area (Å²) in [6.07, 6.45) is 0. The summed E-state index contributed by atoms with van der Waals surface area (Å²) >= 11 is 0. The first-order chi connectivity index (χ1) is 6.40. The highest BCUT2D eigenvalue weighted by Crippen LogP contribution is 2.60. The van der Waals surface area contributed by atoms with Gasteiger partial charge in [0.1, 0.15) is 0 Å². The lowest BCUT2D eigenvalue weighted by molar-refractivity contribution is 0.177. The van der Waals surface area contributed by atoms with E-state index < -0.39 is 7.52 Å². The largest absolute Gasteiger partial charge is 0.317 e. The van der Waals surface area contributed by atoms with Crippen LogP contribution in [-0.2, 0) is 9.09 Å². The van der Waals surface area contributed by atoms with Crippen molar-refractivity contribution in [3.05, 3.63) is 0 Å². The SMILES string of the molecule is C.C.CN(C)P(=O)(OCC(C)(C)C)C(C)(C)C. The molecule has 0 aromatic heterocycles. The summed E-state index contributed by atoms with van der Waals surface area (Å²) in [5, 5.41) is -0.345. The van der Waals surface area contributed by atoms with Gasteiger partial charge in [-0.1, -0.05) is 35.6 Å². The highest BCUT2D eigenvalue weighted by atomic mass is 31.2. The van der Waals surface area contributed by atoms with E-state index >= 15 is 0 Å². The first kappa shape index (κ1) is 22.3. The molecule has 0 spiro atoms. The van der Waals surface area contributed by atoms with Gasteiger partial charge in [0.05, 0.1) is 11.8 Å². The second-order valence-electron chi connectivity index (χ2n) is 6.37. The maximum absolute atomic E-state index is 12.7. The minimum atomic E-state index is -2.74. The summed E-state index contributed by atoms with van der Waals surface area (Å²) in [5.41, 5.74) is 0.0386. The fourth-order valence-corrected chi connectivity index (χ4v) is 3.57. The lowest BCUT2D eigenvalue weighted by Gasteiger charge is -2.36. The molecule has 0 fully saturated rings. The van der Waals surface area contributed by atoms with Crippen LogP contribution in [0.3, 0.4) is 0 Å². The van der Waals surface area contributed by atoms with Crippen molar-refractivity contribution in [2.24, 2.45) is 5.41 Å². The lowest BCUT2D eigenvalue weighted by Crippen LogP contribution is -2.29. The summed E-state index contributed by atoms with van der Waals surface area (Å²) in [6.45, 7) is 12.6. The molecule has 1 atom stereocenters. The average molecular weight is 267 g/mol. The normalized spacial score (nSPS) is 15.8. The Labute approximate surface area is 109 Å². The van der Waals surface area contributed by atoms with E-state index in [9.17, 15) is 4.57 Å². The summed E-state index contributed by atoms with van der Waals surface area (Å²) in [7, 11) is 0.890. The highest BCUT2D eigenvalue weighted by Gasteiger charge is 2.41. The van der Waals surface area contributed by atoms with Crippen LogP contribution >= 0.6 is 7.52 Å². The quantitative estimate of drug-likeness (QED) is 0.683. The van der Waals surface area contributed by atoms with Crippen molar-refractivity contribution in [3.8, 4) is 0 Å². The van der Waals surface area contributed by atoms with Crippen LogP contribution in [0.4, 0.5) is 0 Å². The minimum absolute atomic E-state index is 0. The van der Waals surface area contributed by atoms with Gasteiger partial charge in [-0.05, 0) is 40.3 Å². The Morgan fingerprint density at radius 1 is 1.00 bits per heavy atom. The van der Waals surface area contributed by atoms with Gasteiger partial charge in [0.2, 0.25) is 0 Å². The Hall–Kier alpha value is 0.150. The Balaban J connectivity index is -0.000000980. The van der Waals surface area contributed by atoms with Crippen LogP contribution in [0.1, 0.15) is 56.4 Å². The van der Waals surface area contributed by atoms with E-state index in [1.807, 2.05) is 34.9 Å². The van der Waals surface area contributed by atoms with Crippen LogP contribution in [0.15, 0.2) is 0 Å². The predicted molar refractivity (Wildman–Crippen MR) is 79.9 cm³/mol. The fraction of sp³-hybridized carbons (Fsp3) is 1.00. The molecule has 108 valence electrons. The van der Waals surface area contributed by atoms with Gasteiger partial charge in [-0.15, -0.1) is 0 Å². The molecular weight excluding hydrogens is 233 g/mol. The molecule has 0 saturated carbocycles. The Bertz CT molecular complexity index is 249.